The van der Waals surface area contributed by atoms with E-state index in [2.05, 4.69) is 9.99 Å². The van der Waals surface area contributed by atoms with E-state index in [4.69, 9.17) is 0 Å². The van der Waals surface area contributed by atoms with Crippen LogP contribution < -0.4 is 0 Å². The summed E-state index contributed by atoms with van der Waals surface area (Å²) >= 11 is 0. The van der Waals surface area contributed by atoms with E-state index in [-0.39, 0.29) is 5.97 Å². The van der Waals surface area contributed by atoms with Crippen molar-refractivity contribution in [2.75, 3.05) is 0 Å². The van der Waals surface area contributed by atoms with Gasteiger partial charge in [0.1, 0.15) is 0 Å². The van der Waals surface area contributed by atoms with Crippen molar-refractivity contribution in [1.82, 2.24) is 0 Å². The van der Waals surface area contributed by atoms with Crippen LogP contribution in [0.1, 0.15) is 27.2 Å². The fraction of sp³-hybridized carbons (Fsp3) is 0.667. The molecule has 0 atom stereocenters. The maximum atomic E-state index is 10.1. The molecule has 0 aliphatic heterocycles. The summed E-state index contributed by atoms with van der Waals surface area (Å²) in [6, 6.07) is 0. The van der Waals surface area contributed by atoms with Gasteiger partial charge in [-0.25, -0.2) is 4.79 Å². The van der Waals surface area contributed by atoms with E-state index in [1.54, 1.807) is 0 Å². The molecule has 3 heteroatoms. The highest BCUT2D eigenvalue weighted by Crippen LogP contribution is 1.85. The highest BCUT2D eigenvalue weighted by Gasteiger charge is 1.89. The van der Waals surface area contributed by atoms with Gasteiger partial charge in [0.05, 0.1) is 5.71 Å². The van der Waals surface area contributed by atoms with Crippen molar-refractivity contribution in [3.05, 3.63) is 0 Å². The third-order valence-corrected chi connectivity index (χ3v) is 0.842. The summed E-state index contributed by atoms with van der Waals surface area (Å²) in [5.74, 6) is -0.372. The average Bonchev–Trinajstić information content (AvgIpc) is 1.83. The van der Waals surface area contributed by atoms with Crippen LogP contribution in [0.15, 0.2) is 5.16 Å². The molecular weight excluding hydrogens is 118 g/mol. The Morgan fingerprint density at radius 2 is 2.11 bits per heavy atom. The van der Waals surface area contributed by atoms with Crippen molar-refractivity contribution >= 4 is 11.7 Å². The highest BCUT2D eigenvalue weighted by molar-refractivity contribution is 5.81. The second kappa shape index (κ2) is 4.06. The van der Waals surface area contributed by atoms with Crippen molar-refractivity contribution in [2.45, 2.75) is 27.2 Å². The lowest BCUT2D eigenvalue weighted by Gasteiger charge is -1.91. The summed E-state index contributed by atoms with van der Waals surface area (Å²) in [6.45, 7) is 5.08. The fourth-order valence-electron chi connectivity index (χ4n) is 0.207. The minimum Gasteiger partial charge on any atom is -0.319 e. The van der Waals surface area contributed by atoms with E-state index in [9.17, 15) is 4.79 Å². The number of oxime groups is 1. The van der Waals surface area contributed by atoms with E-state index >= 15 is 0 Å². The molecule has 0 bridgehead atoms. The Morgan fingerprint density at radius 3 is 2.44 bits per heavy atom. The maximum absolute atomic E-state index is 10.1. The number of rotatable bonds is 2. The van der Waals surface area contributed by atoms with Crippen LogP contribution in [0, 0.1) is 0 Å². The van der Waals surface area contributed by atoms with E-state index in [1.807, 2.05) is 13.8 Å². The van der Waals surface area contributed by atoms with Crippen LogP contribution in [0.25, 0.3) is 0 Å². The minimum absolute atomic E-state index is 0.372. The summed E-state index contributed by atoms with van der Waals surface area (Å²) in [7, 11) is 0. The lowest BCUT2D eigenvalue weighted by Crippen LogP contribution is -1.95. The first-order valence-corrected chi connectivity index (χ1v) is 2.88. The van der Waals surface area contributed by atoms with Crippen LogP contribution in [-0.4, -0.2) is 11.7 Å². The van der Waals surface area contributed by atoms with Crippen LogP contribution in [0.2, 0.25) is 0 Å². The third-order valence-electron chi connectivity index (χ3n) is 0.842. The van der Waals surface area contributed by atoms with Gasteiger partial charge < -0.3 is 4.84 Å². The molecule has 0 heterocycles. The van der Waals surface area contributed by atoms with E-state index in [1.165, 1.54) is 6.92 Å². The van der Waals surface area contributed by atoms with Crippen molar-refractivity contribution in [3.63, 3.8) is 0 Å². The standard InChI is InChI=1S/C6H11NO2/c1-4-5(2)7-9-6(3)8/h4H2,1-3H3/b7-5+. The number of carbonyl (C=O) groups excluding carboxylic acids is 1. The zero-order chi connectivity index (χ0) is 7.28. The van der Waals surface area contributed by atoms with Gasteiger partial charge in [0.2, 0.25) is 0 Å². The smallest absolute Gasteiger partial charge is 0.319 e. The van der Waals surface area contributed by atoms with Gasteiger partial charge in [-0.2, -0.15) is 0 Å². The Labute approximate surface area is 54.7 Å². The molecule has 0 rings (SSSR count). The molecule has 0 saturated carbocycles. The first-order valence-electron chi connectivity index (χ1n) is 2.88. The second-order valence-electron chi connectivity index (χ2n) is 1.76. The average molecular weight is 129 g/mol. The predicted octanol–water partition coefficient (Wildman–Crippen LogP) is 1.34. The Bertz CT molecular complexity index is 129. The van der Waals surface area contributed by atoms with E-state index in [0.29, 0.717) is 0 Å². The van der Waals surface area contributed by atoms with Crippen molar-refractivity contribution in [2.24, 2.45) is 5.16 Å². The van der Waals surface area contributed by atoms with Gasteiger partial charge in [0, 0.05) is 6.92 Å². The lowest BCUT2D eigenvalue weighted by molar-refractivity contribution is -0.140. The predicted molar refractivity (Wildman–Crippen MR) is 35.2 cm³/mol. The number of hydrogen-bond acceptors (Lipinski definition) is 3. The highest BCUT2D eigenvalue weighted by atomic mass is 16.7. The minimum atomic E-state index is -0.372. The lowest BCUT2D eigenvalue weighted by atomic mass is 10.3. The third kappa shape index (κ3) is 5.00. The Balaban J connectivity index is 3.56. The molecule has 0 spiro atoms. The maximum Gasteiger partial charge on any atom is 0.331 e. The normalized spacial score (nSPS) is 11.2. The molecule has 0 amide bonds. The summed E-state index contributed by atoms with van der Waals surface area (Å²) in [5, 5.41) is 3.51. The van der Waals surface area contributed by atoms with Gasteiger partial charge in [-0.3, -0.25) is 0 Å². The number of hydrogen-bond donors (Lipinski definition) is 0. The first kappa shape index (κ1) is 8.14. The van der Waals surface area contributed by atoms with Gasteiger partial charge in [-0.05, 0) is 13.3 Å². The molecule has 0 aromatic rings. The van der Waals surface area contributed by atoms with Gasteiger partial charge in [-0.1, -0.05) is 12.1 Å². The largest absolute Gasteiger partial charge is 0.331 e. The van der Waals surface area contributed by atoms with Crippen molar-refractivity contribution in [1.29, 1.82) is 0 Å². The molecule has 0 aromatic carbocycles. The zero-order valence-corrected chi connectivity index (χ0v) is 5.97. The summed E-state index contributed by atoms with van der Waals surface area (Å²) in [4.78, 5) is 14.5. The molecule has 3 nitrogen and oxygen atoms in total. The van der Waals surface area contributed by atoms with Gasteiger partial charge in [-0.15, -0.1) is 0 Å². The van der Waals surface area contributed by atoms with Crippen LogP contribution >= 0.6 is 0 Å². The summed E-state index contributed by atoms with van der Waals surface area (Å²) in [5.41, 5.74) is 0.824. The van der Waals surface area contributed by atoms with Crippen LogP contribution in [0.4, 0.5) is 0 Å². The molecule has 0 N–H and O–H groups in total. The monoisotopic (exact) mass is 129 g/mol. The van der Waals surface area contributed by atoms with Gasteiger partial charge >= 0.3 is 5.97 Å². The molecule has 0 aliphatic carbocycles. The molecular formula is C6H11NO2. The van der Waals surface area contributed by atoms with Crippen LogP contribution in [-0.2, 0) is 9.63 Å². The Kier molecular flexibility index (Phi) is 3.67. The molecule has 0 saturated heterocycles. The number of nitrogens with zero attached hydrogens (tertiary/aromatic N) is 1. The topological polar surface area (TPSA) is 38.7 Å². The van der Waals surface area contributed by atoms with Crippen LogP contribution in [0.5, 0.6) is 0 Å². The summed E-state index contributed by atoms with van der Waals surface area (Å²) < 4.78 is 0. The van der Waals surface area contributed by atoms with E-state index in [0.717, 1.165) is 12.1 Å². The fourth-order valence-corrected chi connectivity index (χ4v) is 0.207. The quantitative estimate of drug-likeness (QED) is 0.320. The van der Waals surface area contributed by atoms with Gasteiger partial charge in [0.15, 0.2) is 0 Å². The Hall–Kier alpha value is -0.860. The molecule has 0 aliphatic rings. The summed E-state index contributed by atoms with van der Waals surface area (Å²) in [6.07, 6.45) is 0.813. The second-order valence-corrected chi connectivity index (χ2v) is 1.76. The molecule has 0 fully saturated rings. The molecule has 9 heavy (non-hydrogen) atoms. The van der Waals surface area contributed by atoms with Gasteiger partial charge in [0.25, 0.3) is 0 Å². The van der Waals surface area contributed by atoms with Crippen molar-refractivity contribution < 1.29 is 9.63 Å². The SMILES string of the molecule is CC/C(C)=N/OC(C)=O. The van der Waals surface area contributed by atoms with Crippen LogP contribution in [0.3, 0.4) is 0 Å². The number of carbonyl (C=O) groups is 1. The zero-order valence-electron chi connectivity index (χ0n) is 5.97. The van der Waals surface area contributed by atoms with E-state index < -0.39 is 0 Å². The molecule has 0 radical (unpaired) electrons. The molecule has 0 aromatic heterocycles. The first-order chi connectivity index (χ1) is 4.16. The molecule has 0 unspecified atom stereocenters. The Morgan fingerprint density at radius 1 is 1.56 bits per heavy atom. The van der Waals surface area contributed by atoms with Crippen molar-refractivity contribution in [3.8, 4) is 0 Å². The molecule has 52 valence electrons.